The molecule has 39 heavy (non-hydrogen) atoms. The molecule has 0 bridgehead atoms. The second-order valence-corrected chi connectivity index (χ2v) is 10.3. The van der Waals surface area contributed by atoms with Crippen molar-refractivity contribution in [1.82, 2.24) is 0 Å². The molecule has 2 aromatic carbocycles. The number of alkyl halides is 1. The van der Waals surface area contributed by atoms with Gasteiger partial charge in [0.1, 0.15) is 0 Å². The van der Waals surface area contributed by atoms with E-state index in [0.717, 1.165) is 48.1 Å². The Hall–Kier alpha value is -2.40. The summed E-state index contributed by atoms with van der Waals surface area (Å²) in [5, 5.41) is 1.10. The summed E-state index contributed by atoms with van der Waals surface area (Å²) in [5.74, 6) is 0. The van der Waals surface area contributed by atoms with Gasteiger partial charge in [-0.05, 0) is 83.3 Å². The van der Waals surface area contributed by atoms with Crippen molar-refractivity contribution < 1.29 is 0 Å². The Morgan fingerprint density at radius 2 is 1.03 bits per heavy atom. The van der Waals surface area contributed by atoms with E-state index in [1.165, 1.54) is 53.6 Å². The minimum atomic E-state index is 0.972. The highest BCUT2D eigenvalue weighted by Crippen LogP contribution is 2.10. The molecule has 0 saturated carbocycles. The molecular formula is C34H53BrN4. The van der Waals surface area contributed by atoms with Crippen LogP contribution in [0.15, 0.2) is 68.5 Å². The maximum absolute atomic E-state index is 4.37. The predicted octanol–water partition coefficient (Wildman–Crippen LogP) is 9.14. The van der Waals surface area contributed by atoms with E-state index < -0.39 is 0 Å². The molecule has 0 fully saturated rings. The van der Waals surface area contributed by atoms with Crippen molar-refractivity contribution in [2.75, 3.05) is 33.5 Å². The van der Waals surface area contributed by atoms with Crippen LogP contribution in [0.3, 0.4) is 0 Å². The standard InChI is InChI=1S/C17H26N2.C10H13Br.C7H14N2/c1-5-16(18-3)17(19-4)9-7-6-8-15-12-10-14(2)11-13-15;1-9-4-6-10(7-5-9)3-2-8-11;1-5-7(9-4)6(2)8-3/h10-13H,5-9H2,1-4H3;4-7H,2-3,8H2,1H3;5H2,1-4H3. The summed E-state index contributed by atoms with van der Waals surface area (Å²) < 4.78 is 0. The quantitative estimate of drug-likeness (QED) is 0.133. The number of unbranched alkanes of at least 4 members (excludes halogenated alkanes) is 1. The molecule has 0 aliphatic heterocycles. The maximum Gasteiger partial charge on any atom is 0.0554 e. The zero-order chi connectivity index (χ0) is 29.5. The summed E-state index contributed by atoms with van der Waals surface area (Å²) in [5.41, 5.74) is 10.0. The normalized spacial score (nSPS) is 12.4. The molecule has 4 nitrogen and oxygen atoms in total. The third kappa shape index (κ3) is 17.0. The third-order valence-electron chi connectivity index (χ3n) is 6.54. The van der Waals surface area contributed by atoms with Crippen molar-refractivity contribution in [1.29, 1.82) is 0 Å². The van der Waals surface area contributed by atoms with Gasteiger partial charge >= 0.3 is 0 Å². The van der Waals surface area contributed by atoms with Crippen LogP contribution < -0.4 is 0 Å². The van der Waals surface area contributed by atoms with Gasteiger partial charge in [-0.3, -0.25) is 20.0 Å². The van der Waals surface area contributed by atoms with E-state index in [-0.39, 0.29) is 0 Å². The van der Waals surface area contributed by atoms with Crippen molar-refractivity contribution in [3.05, 3.63) is 70.8 Å². The van der Waals surface area contributed by atoms with Crippen molar-refractivity contribution in [2.24, 2.45) is 20.0 Å². The fourth-order valence-corrected chi connectivity index (χ4v) is 4.26. The van der Waals surface area contributed by atoms with Crippen LogP contribution in [-0.2, 0) is 12.8 Å². The Balaban J connectivity index is 0.000000612. The molecule has 0 aliphatic carbocycles. The molecule has 2 aromatic rings. The first-order valence-electron chi connectivity index (χ1n) is 14.3. The van der Waals surface area contributed by atoms with Gasteiger partial charge in [0, 0.05) is 33.5 Å². The molecule has 0 aromatic heterocycles. The Bertz CT molecular complexity index is 1020. The Morgan fingerprint density at radius 3 is 1.36 bits per heavy atom. The lowest BCUT2D eigenvalue weighted by Crippen LogP contribution is -2.13. The van der Waals surface area contributed by atoms with Gasteiger partial charge in [0.15, 0.2) is 0 Å². The van der Waals surface area contributed by atoms with E-state index in [2.05, 4.69) is 112 Å². The van der Waals surface area contributed by atoms with E-state index in [0.29, 0.717) is 0 Å². The first-order valence-corrected chi connectivity index (χ1v) is 15.4. The van der Waals surface area contributed by atoms with Crippen molar-refractivity contribution in [2.45, 2.75) is 86.0 Å². The van der Waals surface area contributed by atoms with Crippen LogP contribution in [0.5, 0.6) is 0 Å². The summed E-state index contributed by atoms with van der Waals surface area (Å²) in [6, 6.07) is 17.6. The highest BCUT2D eigenvalue weighted by molar-refractivity contribution is 9.09. The Kier molecular flexibility index (Phi) is 22.0. The zero-order valence-electron chi connectivity index (χ0n) is 26.1. The molecule has 0 spiro atoms. The van der Waals surface area contributed by atoms with Gasteiger partial charge < -0.3 is 0 Å². The van der Waals surface area contributed by atoms with Gasteiger partial charge in [-0.25, -0.2) is 0 Å². The first kappa shape index (κ1) is 36.6. The molecule has 0 saturated heterocycles. The lowest BCUT2D eigenvalue weighted by molar-refractivity contribution is 0.762. The van der Waals surface area contributed by atoms with E-state index in [1.54, 1.807) is 14.1 Å². The monoisotopic (exact) mass is 596 g/mol. The van der Waals surface area contributed by atoms with E-state index in [1.807, 2.05) is 21.0 Å². The van der Waals surface area contributed by atoms with Crippen LogP contribution in [-0.4, -0.2) is 56.4 Å². The van der Waals surface area contributed by atoms with E-state index in [9.17, 15) is 0 Å². The largest absolute Gasteiger partial charge is 0.292 e. The smallest absolute Gasteiger partial charge is 0.0554 e. The summed E-state index contributed by atoms with van der Waals surface area (Å²) in [6.07, 6.45) is 8.95. The number of rotatable bonds is 12. The number of benzene rings is 2. The number of halogens is 1. The molecular weight excluding hydrogens is 544 g/mol. The number of nitrogens with zero attached hydrogens (tertiary/aromatic N) is 4. The number of aryl methyl sites for hydroxylation is 4. The van der Waals surface area contributed by atoms with E-state index in [4.69, 9.17) is 0 Å². The minimum absolute atomic E-state index is 0.972. The summed E-state index contributed by atoms with van der Waals surface area (Å²) in [4.78, 5) is 16.8. The third-order valence-corrected chi connectivity index (χ3v) is 7.10. The van der Waals surface area contributed by atoms with Crippen LogP contribution >= 0.6 is 15.9 Å². The molecule has 0 atom stereocenters. The van der Waals surface area contributed by atoms with Crippen LogP contribution in [0.1, 0.15) is 81.5 Å². The lowest BCUT2D eigenvalue weighted by atomic mass is 10.0. The molecule has 2 rings (SSSR count). The fourth-order valence-electron chi connectivity index (χ4n) is 3.98. The SMILES string of the molecule is CCC(=NC)C(C)=NC.CCC(=NC)C(CCCCc1ccc(C)cc1)=NC.Cc1ccc(CCCBr)cc1. The molecule has 216 valence electrons. The van der Waals surface area contributed by atoms with Crippen molar-refractivity contribution >= 4 is 38.8 Å². The van der Waals surface area contributed by atoms with Gasteiger partial charge in [-0.1, -0.05) is 89.4 Å². The summed E-state index contributed by atoms with van der Waals surface area (Å²) >= 11 is 3.42. The average Bonchev–Trinajstić information content (AvgIpc) is 2.96. The van der Waals surface area contributed by atoms with Crippen molar-refractivity contribution in [3.8, 4) is 0 Å². The topological polar surface area (TPSA) is 49.4 Å². The van der Waals surface area contributed by atoms with Gasteiger partial charge in [-0.15, -0.1) is 0 Å². The average molecular weight is 598 g/mol. The zero-order valence-corrected chi connectivity index (χ0v) is 27.7. The van der Waals surface area contributed by atoms with Crippen LogP contribution in [0.2, 0.25) is 0 Å². The molecule has 5 heteroatoms. The van der Waals surface area contributed by atoms with Gasteiger partial charge in [-0.2, -0.15) is 0 Å². The predicted molar refractivity (Wildman–Crippen MR) is 182 cm³/mol. The van der Waals surface area contributed by atoms with Gasteiger partial charge in [0.25, 0.3) is 0 Å². The van der Waals surface area contributed by atoms with Crippen LogP contribution in [0.4, 0.5) is 0 Å². The minimum Gasteiger partial charge on any atom is -0.292 e. The van der Waals surface area contributed by atoms with Crippen LogP contribution in [0, 0.1) is 13.8 Å². The number of hydrogen-bond donors (Lipinski definition) is 0. The number of hydrogen-bond acceptors (Lipinski definition) is 4. The Morgan fingerprint density at radius 1 is 0.590 bits per heavy atom. The molecule has 0 amide bonds. The second-order valence-electron chi connectivity index (χ2n) is 9.50. The van der Waals surface area contributed by atoms with Gasteiger partial charge in [0.2, 0.25) is 0 Å². The molecule has 0 unspecified atom stereocenters. The molecule has 0 aliphatic rings. The number of aliphatic imine (C=N–C) groups is 4. The highest BCUT2D eigenvalue weighted by Gasteiger charge is 2.05. The van der Waals surface area contributed by atoms with Crippen molar-refractivity contribution in [3.63, 3.8) is 0 Å². The lowest BCUT2D eigenvalue weighted by Gasteiger charge is -2.07. The maximum atomic E-state index is 4.37. The molecule has 0 heterocycles. The summed E-state index contributed by atoms with van der Waals surface area (Å²) in [7, 11) is 7.32. The second kappa shape index (κ2) is 23.5. The Labute approximate surface area is 248 Å². The molecule has 0 N–H and O–H groups in total. The molecule has 0 radical (unpaired) electrons. The van der Waals surface area contributed by atoms with E-state index >= 15 is 0 Å². The van der Waals surface area contributed by atoms with Gasteiger partial charge in [0.05, 0.1) is 22.8 Å². The summed E-state index contributed by atoms with van der Waals surface area (Å²) in [6.45, 7) is 10.4. The first-order chi connectivity index (χ1) is 18.8. The van der Waals surface area contributed by atoms with Crippen LogP contribution in [0.25, 0.3) is 0 Å². The fraction of sp³-hybridized carbons (Fsp3) is 0.529. The highest BCUT2D eigenvalue weighted by atomic mass is 79.9.